The molecule has 0 saturated carbocycles. The van der Waals surface area contributed by atoms with Crippen molar-refractivity contribution >= 4 is 13.3 Å². The molecule has 1 rings (SSSR count). The number of nitriles is 1. The molecule has 3 heteroatoms. The van der Waals surface area contributed by atoms with E-state index in [2.05, 4.69) is 4.98 Å². The molecule has 10 heavy (non-hydrogen) atoms. The van der Waals surface area contributed by atoms with Crippen LogP contribution in [0, 0.1) is 11.3 Å². The van der Waals surface area contributed by atoms with Crippen LogP contribution in [0.1, 0.15) is 5.56 Å². The van der Waals surface area contributed by atoms with Crippen LogP contribution in [0.4, 0.5) is 0 Å². The van der Waals surface area contributed by atoms with E-state index in [-0.39, 0.29) is 0 Å². The number of hydrogen-bond donors (Lipinski definition) is 0. The van der Waals surface area contributed by atoms with Crippen molar-refractivity contribution < 1.29 is 0 Å². The van der Waals surface area contributed by atoms with Gasteiger partial charge in [-0.2, -0.15) is 5.26 Å². The normalized spacial score (nSPS) is 8.70. The highest BCUT2D eigenvalue weighted by molar-refractivity contribution is 6.32. The summed E-state index contributed by atoms with van der Waals surface area (Å²) in [6.07, 6.45) is 3.57. The zero-order valence-electron chi connectivity index (χ0n) is 5.41. The van der Waals surface area contributed by atoms with Crippen molar-refractivity contribution in [3.63, 3.8) is 0 Å². The quantitative estimate of drug-likeness (QED) is 0.496. The van der Waals surface area contributed by atoms with Gasteiger partial charge in [-0.05, 0) is 5.56 Å². The highest BCUT2D eigenvalue weighted by Crippen LogP contribution is 1.92. The molecule has 1 aromatic heterocycles. The second-order valence-electron chi connectivity index (χ2n) is 1.96. The lowest BCUT2D eigenvalue weighted by molar-refractivity contribution is 1.20. The summed E-state index contributed by atoms with van der Waals surface area (Å²) in [6, 6.07) is 3.76. The second kappa shape index (κ2) is 3.02. The average Bonchev–Trinajstić information content (AvgIpc) is 1.88. The molecule has 46 valence electrons. The molecular weight excluding hydrogens is 123 g/mol. The summed E-state index contributed by atoms with van der Waals surface area (Å²) in [6.45, 7) is 0. The number of nitrogens with zero attached hydrogens (tertiary/aromatic N) is 2. The smallest absolute Gasteiger partial charge is 0.115 e. The molecule has 0 aliphatic rings. The van der Waals surface area contributed by atoms with E-state index in [0.717, 1.165) is 5.56 Å². The summed E-state index contributed by atoms with van der Waals surface area (Å²) in [7, 11) is 5.42. The van der Waals surface area contributed by atoms with Crippen LogP contribution in [-0.4, -0.2) is 12.8 Å². The van der Waals surface area contributed by atoms with Crippen molar-refractivity contribution in [1.82, 2.24) is 4.98 Å². The molecule has 2 radical (unpaired) electrons. The Balaban J connectivity index is 2.87. The van der Waals surface area contributed by atoms with Crippen LogP contribution >= 0.6 is 0 Å². The Hall–Kier alpha value is -1.30. The molecular formula is C7H5BN2. The summed E-state index contributed by atoms with van der Waals surface area (Å²) in [4.78, 5) is 3.83. The maximum absolute atomic E-state index is 8.29. The van der Waals surface area contributed by atoms with Crippen LogP contribution in [0.25, 0.3) is 0 Å². The Morgan fingerprint density at radius 1 is 1.60 bits per heavy atom. The zero-order chi connectivity index (χ0) is 7.40. The molecule has 0 unspecified atom stereocenters. The summed E-state index contributed by atoms with van der Waals surface area (Å²) in [5.41, 5.74) is 1.47. The Kier molecular flexibility index (Phi) is 2.06. The molecule has 0 aromatic carbocycles. The third kappa shape index (κ3) is 1.59. The van der Waals surface area contributed by atoms with Gasteiger partial charge in [0.05, 0.1) is 12.5 Å². The highest BCUT2D eigenvalue weighted by atomic mass is 14.6. The standard InChI is InChI=1S/C7H5BN2/c8-7-3-6(1-2-9)4-10-5-7/h3-5H,1H2. The number of aromatic nitrogens is 1. The molecule has 0 spiro atoms. The maximum Gasteiger partial charge on any atom is 0.115 e. The fraction of sp³-hybridized carbons (Fsp3) is 0.143. The first-order chi connectivity index (χ1) is 4.83. The minimum atomic E-state index is 0.373. The van der Waals surface area contributed by atoms with Gasteiger partial charge in [-0.15, -0.1) is 0 Å². The van der Waals surface area contributed by atoms with E-state index >= 15 is 0 Å². The van der Waals surface area contributed by atoms with Gasteiger partial charge in [0.25, 0.3) is 0 Å². The van der Waals surface area contributed by atoms with E-state index in [1.165, 1.54) is 0 Å². The minimum absolute atomic E-state index is 0.373. The lowest BCUT2D eigenvalue weighted by Crippen LogP contribution is -2.03. The van der Waals surface area contributed by atoms with Crippen LogP contribution in [0.3, 0.4) is 0 Å². The van der Waals surface area contributed by atoms with E-state index in [4.69, 9.17) is 13.1 Å². The molecule has 0 N–H and O–H groups in total. The van der Waals surface area contributed by atoms with Gasteiger partial charge in [-0.1, -0.05) is 11.5 Å². The predicted molar refractivity (Wildman–Crippen MR) is 38.9 cm³/mol. The van der Waals surface area contributed by atoms with Crippen molar-refractivity contribution in [2.24, 2.45) is 0 Å². The van der Waals surface area contributed by atoms with Gasteiger partial charge in [-0.25, -0.2) is 0 Å². The van der Waals surface area contributed by atoms with E-state index < -0.39 is 0 Å². The summed E-state index contributed by atoms with van der Waals surface area (Å²) in [5, 5.41) is 8.29. The molecule has 2 nitrogen and oxygen atoms in total. The van der Waals surface area contributed by atoms with Crippen molar-refractivity contribution in [2.75, 3.05) is 0 Å². The molecule has 0 saturated heterocycles. The average molecular weight is 128 g/mol. The van der Waals surface area contributed by atoms with Crippen LogP contribution in [-0.2, 0) is 6.42 Å². The van der Waals surface area contributed by atoms with Gasteiger partial charge in [-0.3, -0.25) is 4.98 Å². The van der Waals surface area contributed by atoms with Crippen molar-refractivity contribution in [1.29, 1.82) is 5.26 Å². The molecule has 0 bridgehead atoms. The van der Waals surface area contributed by atoms with Crippen molar-refractivity contribution in [2.45, 2.75) is 6.42 Å². The maximum atomic E-state index is 8.29. The molecule has 1 heterocycles. The molecule has 0 atom stereocenters. The Morgan fingerprint density at radius 2 is 2.40 bits per heavy atom. The molecule has 0 amide bonds. The fourth-order valence-corrected chi connectivity index (χ4v) is 0.696. The summed E-state index contributed by atoms with van der Waals surface area (Å²) >= 11 is 0. The number of hydrogen-bond acceptors (Lipinski definition) is 2. The lowest BCUT2D eigenvalue weighted by atomic mass is 9.97. The summed E-state index contributed by atoms with van der Waals surface area (Å²) in [5.74, 6) is 0. The van der Waals surface area contributed by atoms with Crippen molar-refractivity contribution in [3.8, 4) is 6.07 Å². The van der Waals surface area contributed by atoms with E-state index in [1.807, 2.05) is 6.07 Å². The van der Waals surface area contributed by atoms with Gasteiger partial charge < -0.3 is 0 Å². The molecule has 0 aliphatic carbocycles. The Labute approximate surface area is 60.9 Å². The largest absolute Gasteiger partial charge is 0.265 e. The SMILES string of the molecule is [B]c1cncc(CC#N)c1. The van der Waals surface area contributed by atoms with Gasteiger partial charge in [0, 0.05) is 12.4 Å². The second-order valence-corrected chi connectivity index (χ2v) is 1.96. The van der Waals surface area contributed by atoms with Crippen LogP contribution in [0.15, 0.2) is 18.5 Å². The number of pyridine rings is 1. The van der Waals surface area contributed by atoms with Crippen LogP contribution in [0.2, 0.25) is 0 Å². The predicted octanol–water partition coefficient (Wildman–Crippen LogP) is -0.0585. The molecule has 0 aliphatic heterocycles. The van der Waals surface area contributed by atoms with Crippen molar-refractivity contribution in [3.05, 3.63) is 24.0 Å². The van der Waals surface area contributed by atoms with E-state index in [0.29, 0.717) is 11.9 Å². The Bertz CT molecular complexity index is 265. The Morgan fingerprint density at radius 3 is 3.00 bits per heavy atom. The van der Waals surface area contributed by atoms with Gasteiger partial charge in [0.2, 0.25) is 0 Å². The van der Waals surface area contributed by atoms with Gasteiger partial charge in [0.1, 0.15) is 7.85 Å². The zero-order valence-corrected chi connectivity index (χ0v) is 5.41. The monoisotopic (exact) mass is 128 g/mol. The molecule has 0 fully saturated rings. The fourth-order valence-electron chi connectivity index (χ4n) is 0.696. The first-order valence-corrected chi connectivity index (χ1v) is 2.89. The van der Waals surface area contributed by atoms with Crippen LogP contribution < -0.4 is 5.46 Å². The lowest BCUT2D eigenvalue weighted by Gasteiger charge is -1.93. The van der Waals surface area contributed by atoms with Gasteiger partial charge >= 0.3 is 0 Å². The summed E-state index contributed by atoms with van der Waals surface area (Å²) < 4.78 is 0. The number of rotatable bonds is 1. The minimum Gasteiger partial charge on any atom is -0.265 e. The van der Waals surface area contributed by atoms with E-state index in [9.17, 15) is 0 Å². The third-order valence-electron chi connectivity index (χ3n) is 1.10. The topological polar surface area (TPSA) is 36.7 Å². The van der Waals surface area contributed by atoms with Crippen LogP contribution in [0.5, 0.6) is 0 Å². The van der Waals surface area contributed by atoms with E-state index in [1.54, 1.807) is 18.5 Å². The third-order valence-corrected chi connectivity index (χ3v) is 1.10. The molecule has 1 aromatic rings. The highest BCUT2D eigenvalue weighted by Gasteiger charge is 1.89. The van der Waals surface area contributed by atoms with Gasteiger partial charge in [0.15, 0.2) is 0 Å². The first-order valence-electron chi connectivity index (χ1n) is 2.89. The first kappa shape index (κ1) is 6.82.